The predicted molar refractivity (Wildman–Crippen MR) is 53.7 cm³/mol. The fourth-order valence-corrected chi connectivity index (χ4v) is 2.16. The summed E-state index contributed by atoms with van der Waals surface area (Å²) in [6, 6.07) is 0. The van der Waals surface area contributed by atoms with Crippen LogP contribution in [0, 0.1) is 0 Å². The zero-order valence-corrected chi connectivity index (χ0v) is 9.19. The van der Waals surface area contributed by atoms with Gasteiger partial charge >= 0.3 is 0 Å². The lowest BCUT2D eigenvalue weighted by molar-refractivity contribution is 0.148. The topological polar surface area (TPSA) is 55.4 Å². The molecule has 0 bridgehead atoms. The van der Waals surface area contributed by atoms with Gasteiger partial charge in [0.15, 0.2) is 9.84 Å². The van der Waals surface area contributed by atoms with Crippen LogP contribution < -0.4 is 5.32 Å². The van der Waals surface area contributed by atoms with Gasteiger partial charge in [0.1, 0.15) is 0 Å². The normalized spacial score (nSPS) is 11.8. The van der Waals surface area contributed by atoms with Gasteiger partial charge in [0, 0.05) is 19.8 Å². The van der Waals surface area contributed by atoms with E-state index in [-0.39, 0.29) is 11.5 Å². The monoisotopic (exact) mass is 209 g/mol. The first-order valence-corrected chi connectivity index (χ1v) is 6.37. The van der Waals surface area contributed by atoms with Crippen LogP contribution in [-0.2, 0) is 14.6 Å². The van der Waals surface area contributed by atoms with Crippen molar-refractivity contribution in [1.82, 2.24) is 5.32 Å². The third-order valence-electron chi connectivity index (χ3n) is 1.61. The maximum Gasteiger partial charge on any atom is 0.151 e. The quantitative estimate of drug-likeness (QED) is 0.574. The van der Waals surface area contributed by atoms with Gasteiger partial charge in [0.25, 0.3) is 0 Å². The minimum Gasteiger partial charge on any atom is -0.382 e. The van der Waals surface area contributed by atoms with E-state index >= 15 is 0 Å². The highest BCUT2D eigenvalue weighted by atomic mass is 32.2. The minimum absolute atomic E-state index is 0.218. The van der Waals surface area contributed by atoms with Crippen LogP contribution in [0.5, 0.6) is 0 Å². The fraction of sp³-hybridized carbons (Fsp3) is 1.00. The molecule has 0 rings (SSSR count). The molecular weight excluding hydrogens is 190 g/mol. The number of hydrogen-bond acceptors (Lipinski definition) is 4. The molecule has 5 heteroatoms. The Balaban J connectivity index is 3.52. The molecule has 0 aliphatic rings. The van der Waals surface area contributed by atoms with Crippen LogP contribution in [0.4, 0.5) is 0 Å². The molecule has 0 saturated heterocycles. The molecule has 80 valence electrons. The lowest BCUT2D eigenvalue weighted by atomic mass is 10.5. The second-order valence-electron chi connectivity index (χ2n) is 2.81. The van der Waals surface area contributed by atoms with E-state index in [1.54, 1.807) is 7.05 Å². The average Bonchev–Trinajstić information content (AvgIpc) is 2.09. The summed E-state index contributed by atoms with van der Waals surface area (Å²) in [6.07, 6.45) is 0.597. The minimum atomic E-state index is -2.87. The number of hydrogen-bond donors (Lipinski definition) is 1. The predicted octanol–water partition coefficient (Wildman–Crippen LogP) is 0.0472. The molecule has 0 unspecified atom stereocenters. The first-order valence-electron chi connectivity index (χ1n) is 4.55. The first kappa shape index (κ1) is 12.9. The Kier molecular flexibility index (Phi) is 7.22. The van der Waals surface area contributed by atoms with Gasteiger partial charge < -0.3 is 10.1 Å². The number of rotatable bonds is 8. The van der Waals surface area contributed by atoms with Crippen molar-refractivity contribution >= 4 is 9.84 Å². The molecule has 0 aliphatic heterocycles. The van der Waals surface area contributed by atoms with E-state index < -0.39 is 9.84 Å². The second kappa shape index (κ2) is 7.29. The molecule has 4 nitrogen and oxygen atoms in total. The Labute approximate surface area is 80.6 Å². The molecule has 0 aromatic carbocycles. The fourth-order valence-electron chi connectivity index (χ4n) is 0.885. The molecular formula is C8H19NO3S. The van der Waals surface area contributed by atoms with Gasteiger partial charge in [-0.3, -0.25) is 0 Å². The van der Waals surface area contributed by atoms with Crippen molar-refractivity contribution in [3.05, 3.63) is 0 Å². The van der Waals surface area contributed by atoms with E-state index in [0.29, 0.717) is 26.2 Å². The summed E-state index contributed by atoms with van der Waals surface area (Å²) in [5.74, 6) is 0.449. The summed E-state index contributed by atoms with van der Waals surface area (Å²) < 4.78 is 27.6. The van der Waals surface area contributed by atoms with Gasteiger partial charge in [-0.05, 0) is 20.4 Å². The Morgan fingerprint density at radius 2 is 2.00 bits per heavy atom. The average molecular weight is 209 g/mol. The summed E-state index contributed by atoms with van der Waals surface area (Å²) in [5, 5.41) is 2.81. The SMILES string of the molecule is CCOCCCS(=O)(=O)CCNC. The zero-order chi connectivity index (χ0) is 10.2. The number of nitrogens with one attached hydrogen (secondary N) is 1. The van der Waals surface area contributed by atoms with E-state index in [4.69, 9.17) is 4.74 Å². The standard InChI is InChI=1S/C8H19NO3S/c1-3-12-6-4-7-13(10,11)8-5-9-2/h9H,3-8H2,1-2H3. The first-order chi connectivity index (χ1) is 6.12. The summed E-state index contributed by atoms with van der Waals surface area (Å²) >= 11 is 0. The third-order valence-corrected chi connectivity index (χ3v) is 3.35. The van der Waals surface area contributed by atoms with Crippen molar-refractivity contribution in [3.63, 3.8) is 0 Å². The maximum absolute atomic E-state index is 11.3. The molecule has 13 heavy (non-hydrogen) atoms. The van der Waals surface area contributed by atoms with Crippen molar-refractivity contribution in [1.29, 1.82) is 0 Å². The molecule has 0 fully saturated rings. The van der Waals surface area contributed by atoms with E-state index in [2.05, 4.69) is 5.32 Å². The molecule has 0 aromatic heterocycles. The molecule has 0 heterocycles. The lowest BCUT2D eigenvalue weighted by Gasteiger charge is -2.03. The van der Waals surface area contributed by atoms with Crippen molar-refractivity contribution in [2.75, 3.05) is 38.3 Å². The molecule has 0 saturated carbocycles. The van der Waals surface area contributed by atoms with E-state index in [1.807, 2.05) is 6.92 Å². The lowest BCUT2D eigenvalue weighted by Crippen LogP contribution is -2.22. The Hall–Kier alpha value is -0.130. The highest BCUT2D eigenvalue weighted by molar-refractivity contribution is 7.91. The van der Waals surface area contributed by atoms with Gasteiger partial charge in [-0.25, -0.2) is 8.42 Å². The maximum atomic E-state index is 11.3. The van der Waals surface area contributed by atoms with E-state index in [1.165, 1.54) is 0 Å². The zero-order valence-electron chi connectivity index (χ0n) is 8.38. The number of sulfone groups is 1. The van der Waals surface area contributed by atoms with Gasteiger partial charge in [0.2, 0.25) is 0 Å². The van der Waals surface area contributed by atoms with Crippen LogP contribution in [0.25, 0.3) is 0 Å². The number of ether oxygens (including phenoxy) is 1. The summed E-state index contributed by atoms with van der Waals surface area (Å²) in [7, 11) is -1.12. The van der Waals surface area contributed by atoms with Crippen LogP contribution in [0.3, 0.4) is 0 Å². The van der Waals surface area contributed by atoms with Crippen LogP contribution in [0.15, 0.2) is 0 Å². The molecule has 0 aliphatic carbocycles. The summed E-state index contributed by atoms with van der Waals surface area (Å²) in [4.78, 5) is 0. The molecule has 1 N–H and O–H groups in total. The van der Waals surface area contributed by atoms with Crippen molar-refractivity contribution in [2.45, 2.75) is 13.3 Å². The van der Waals surface area contributed by atoms with Crippen LogP contribution in [0.1, 0.15) is 13.3 Å². The molecule has 0 atom stereocenters. The Morgan fingerprint density at radius 1 is 1.31 bits per heavy atom. The molecule has 0 aromatic rings. The molecule has 0 spiro atoms. The highest BCUT2D eigenvalue weighted by Gasteiger charge is 2.08. The Morgan fingerprint density at radius 3 is 2.54 bits per heavy atom. The van der Waals surface area contributed by atoms with Crippen molar-refractivity contribution in [2.24, 2.45) is 0 Å². The van der Waals surface area contributed by atoms with Crippen LogP contribution in [-0.4, -0.2) is 46.7 Å². The van der Waals surface area contributed by atoms with Gasteiger partial charge in [-0.2, -0.15) is 0 Å². The Bertz CT molecular complexity index is 201. The van der Waals surface area contributed by atoms with Crippen molar-refractivity contribution < 1.29 is 13.2 Å². The molecule has 0 amide bonds. The van der Waals surface area contributed by atoms with E-state index in [9.17, 15) is 8.42 Å². The smallest absolute Gasteiger partial charge is 0.151 e. The summed E-state index contributed by atoms with van der Waals surface area (Å²) in [5.41, 5.74) is 0. The van der Waals surface area contributed by atoms with Crippen LogP contribution >= 0.6 is 0 Å². The molecule has 0 radical (unpaired) electrons. The second-order valence-corrected chi connectivity index (χ2v) is 5.11. The van der Waals surface area contributed by atoms with Crippen LogP contribution in [0.2, 0.25) is 0 Å². The highest BCUT2D eigenvalue weighted by Crippen LogP contribution is 1.93. The van der Waals surface area contributed by atoms with Crippen molar-refractivity contribution in [3.8, 4) is 0 Å². The largest absolute Gasteiger partial charge is 0.382 e. The van der Waals surface area contributed by atoms with Gasteiger partial charge in [-0.15, -0.1) is 0 Å². The summed E-state index contributed by atoms with van der Waals surface area (Å²) in [6.45, 7) is 3.61. The van der Waals surface area contributed by atoms with Gasteiger partial charge in [-0.1, -0.05) is 0 Å². The third kappa shape index (κ3) is 8.21. The van der Waals surface area contributed by atoms with E-state index in [0.717, 1.165) is 0 Å². The van der Waals surface area contributed by atoms with Gasteiger partial charge in [0.05, 0.1) is 11.5 Å².